The van der Waals surface area contributed by atoms with Gasteiger partial charge in [0.2, 0.25) is 0 Å². The molecule has 0 unspecified atom stereocenters. The lowest BCUT2D eigenvalue weighted by molar-refractivity contribution is 1.19. The van der Waals surface area contributed by atoms with Gasteiger partial charge in [0.1, 0.15) is 0 Å². The SMILES string of the molecule is c1cc(-c2ccc3c4ccccc4c4ccccc4c3c2)cc(-c2cc3c(cn2)sc2ccc(-n4c5ccccc5c5ccccc54)cc23)c1. The third-order valence-corrected chi connectivity index (χ3v) is 11.5. The van der Waals surface area contributed by atoms with E-state index in [0.29, 0.717) is 0 Å². The van der Waals surface area contributed by atoms with Gasteiger partial charge in [-0.3, -0.25) is 4.98 Å². The lowest BCUT2D eigenvalue weighted by Gasteiger charge is -2.12. The first-order valence-corrected chi connectivity index (χ1v) is 17.9. The molecule has 2 nitrogen and oxygen atoms in total. The summed E-state index contributed by atoms with van der Waals surface area (Å²) in [6, 6.07) is 59.9. The molecule has 0 aliphatic carbocycles. The first kappa shape index (κ1) is 27.6. The molecule has 3 heteroatoms. The van der Waals surface area contributed by atoms with Crippen LogP contribution in [0.4, 0.5) is 0 Å². The van der Waals surface area contributed by atoms with Gasteiger partial charge in [0.25, 0.3) is 0 Å². The molecule has 11 rings (SSSR count). The van der Waals surface area contributed by atoms with Crippen LogP contribution in [-0.4, -0.2) is 9.55 Å². The monoisotopic (exact) mass is 652 g/mol. The van der Waals surface area contributed by atoms with Gasteiger partial charge in [-0.1, -0.05) is 115 Å². The summed E-state index contributed by atoms with van der Waals surface area (Å²) in [6.07, 6.45) is 2.05. The van der Waals surface area contributed by atoms with Crippen molar-refractivity contribution in [1.29, 1.82) is 0 Å². The Morgan fingerprint density at radius 1 is 0.360 bits per heavy atom. The highest BCUT2D eigenvalue weighted by atomic mass is 32.1. The summed E-state index contributed by atoms with van der Waals surface area (Å²) in [5.74, 6) is 0. The van der Waals surface area contributed by atoms with Gasteiger partial charge in [-0.05, 0) is 92.0 Å². The molecule has 232 valence electrons. The number of benzene rings is 8. The molecule has 0 spiro atoms. The molecule has 0 aliphatic heterocycles. The van der Waals surface area contributed by atoms with Crippen LogP contribution in [0.5, 0.6) is 0 Å². The van der Waals surface area contributed by atoms with Crippen molar-refractivity contribution in [2.75, 3.05) is 0 Å². The zero-order valence-electron chi connectivity index (χ0n) is 27.0. The Bertz CT molecular complexity index is 3070. The van der Waals surface area contributed by atoms with E-state index in [1.807, 2.05) is 11.3 Å². The second kappa shape index (κ2) is 10.6. The molecule has 0 saturated carbocycles. The van der Waals surface area contributed by atoms with Gasteiger partial charge < -0.3 is 4.57 Å². The van der Waals surface area contributed by atoms with Crippen molar-refractivity contribution in [3.63, 3.8) is 0 Å². The minimum absolute atomic E-state index is 0.985. The Labute approximate surface area is 292 Å². The quantitative estimate of drug-likeness (QED) is 0.174. The molecule has 0 aliphatic rings. The van der Waals surface area contributed by atoms with E-state index in [0.717, 1.165) is 11.3 Å². The van der Waals surface area contributed by atoms with Gasteiger partial charge in [-0.2, -0.15) is 0 Å². The fourth-order valence-corrected chi connectivity index (χ4v) is 9.15. The lowest BCUT2D eigenvalue weighted by atomic mass is 9.91. The number of hydrogen-bond acceptors (Lipinski definition) is 2. The average molecular weight is 653 g/mol. The number of para-hydroxylation sites is 2. The van der Waals surface area contributed by atoms with Crippen LogP contribution in [0.3, 0.4) is 0 Å². The molecule has 3 heterocycles. The maximum Gasteiger partial charge on any atom is 0.0709 e. The van der Waals surface area contributed by atoms with Crippen LogP contribution < -0.4 is 0 Å². The predicted octanol–water partition coefficient (Wildman–Crippen LogP) is 13.3. The summed E-state index contributed by atoms with van der Waals surface area (Å²) in [5, 5.41) is 12.8. The molecule has 0 atom stereocenters. The molecule has 0 saturated heterocycles. The smallest absolute Gasteiger partial charge is 0.0709 e. The Balaban J connectivity index is 1.05. The standard InChI is InChI=1S/C47H28N2S/c1-2-14-35-33(12-1)34-13-3-4-15-36(34)40-25-30(20-22-37(35)40)29-10-9-11-31(24-29)43-27-42-41-26-32(21-23-46(41)50-47(42)28-48-43)49-44-18-7-5-16-38(44)39-17-6-8-19-45(39)49/h1-28H. The van der Waals surface area contributed by atoms with Crippen LogP contribution in [0.1, 0.15) is 0 Å². The molecule has 0 bridgehead atoms. The highest BCUT2D eigenvalue weighted by molar-refractivity contribution is 7.25. The number of thiophene rings is 1. The van der Waals surface area contributed by atoms with Gasteiger partial charge in [-0.25, -0.2) is 0 Å². The lowest BCUT2D eigenvalue weighted by Crippen LogP contribution is -1.93. The molecule has 0 fully saturated rings. The van der Waals surface area contributed by atoms with Crippen LogP contribution in [0.2, 0.25) is 0 Å². The molecule has 50 heavy (non-hydrogen) atoms. The van der Waals surface area contributed by atoms with Gasteiger partial charge in [0.05, 0.1) is 21.4 Å². The van der Waals surface area contributed by atoms with E-state index in [9.17, 15) is 0 Å². The maximum absolute atomic E-state index is 4.99. The Morgan fingerprint density at radius 2 is 0.920 bits per heavy atom. The summed E-state index contributed by atoms with van der Waals surface area (Å²) >= 11 is 1.81. The Morgan fingerprint density at radius 3 is 1.62 bits per heavy atom. The van der Waals surface area contributed by atoms with Gasteiger partial charge in [-0.15, -0.1) is 11.3 Å². The fraction of sp³-hybridized carbons (Fsp3) is 0. The van der Waals surface area contributed by atoms with E-state index in [1.165, 1.54) is 91.1 Å². The van der Waals surface area contributed by atoms with Crippen LogP contribution in [0.25, 0.3) is 102 Å². The second-order valence-corrected chi connectivity index (χ2v) is 14.2. The zero-order valence-corrected chi connectivity index (χ0v) is 27.8. The van der Waals surface area contributed by atoms with Crippen molar-refractivity contribution >= 4 is 85.6 Å². The van der Waals surface area contributed by atoms with Crippen LogP contribution in [0, 0.1) is 0 Å². The molecule has 0 amide bonds. The van der Waals surface area contributed by atoms with E-state index in [1.54, 1.807) is 0 Å². The van der Waals surface area contributed by atoms with Crippen molar-refractivity contribution in [3.8, 4) is 28.1 Å². The van der Waals surface area contributed by atoms with Crippen LogP contribution in [0.15, 0.2) is 170 Å². The first-order valence-electron chi connectivity index (χ1n) is 17.0. The van der Waals surface area contributed by atoms with Crippen LogP contribution >= 0.6 is 11.3 Å². The summed E-state index contributed by atoms with van der Waals surface area (Å²) in [6.45, 7) is 0. The van der Waals surface area contributed by atoms with E-state index in [-0.39, 0.29) is 0 Å². The molecule has 3 aromatic heterocycles. The first-order chi connectivity index (χ1) is 24.8. The molecular formula is C47H28N2S. The van der Waals surface area contributed by atoms with E-state index in [4.69, 9.17) is 4.98 Å². The third-order valence-electron chi connectivity index (χ3n) is 10.4. The highest BCUT2D eigenvalue weighted by Gasteiger charge is 2.15. The average Bonchev–Trinajstić information content (AvgIpc) is 3.73. The molecule has 0 N–H and O–H groups in total. The summed E-state index contributed by atoms with van der Waals surface area (Å²) < 4.78 is 4.87. The number of pyridine rings is 1. The van der Waals surface area contributed by atoms with Crippen molar-refractivity contribution in [2.24, 2.45) is 0 Å². The third kappa shape index (κ3) is 4.05. The summed E-state index contributed by atoms with van der Waals surface area (Å²) in [4.78, 5) is 4.99. The van der Waals surface area contributed by atoms with Crippen molar-refractivity contribution < 1.29 is 0 Å². The van der Waals surface area contributed by atoms with Gasteiger partial charge >= 0.3 is 0 Å². The zero-order chi connectivity index (χ0) is 32.8. The number of rotatable bonds is 3. The minimum atomic E-state index is 0.985. The predicted molar refractivity (Wildman–Crippen MR) is 215 cm³/mol. The van der Waals surface area contributed by atoms with E-state index in [2.05, 4.69) is 175 Å². The fourth-order valence-electron chi connectivity index (χ4n) is 8.11. The van der Waals surface area contributed by atoms with Crippen molar-refractivity contribution in [3.05, 3.63) is 170 Å². The minimum Gasteiger partial charge on any atom is -0.309 e. The normalized spacial score (nSPS) is 12.0. The van der Waals surface area contributed by atoms with Crippen molar-refractivity contribution in [2.45, 2.75) is 0 Å². The summed E-state index contributed by atoms with van der Waals surface area (Å²) in [7, 11) is 0. The maximum atomic E-state index is 4.99. The number of nitrogens with zero attached hydrogens (tertiary/aromatic N) is 2. The second-order valence-electron chi connectivity index (χ2n) is 13.2. The number of aromatic nitrogens is 2. The molecular weight excluding hydrogens is 625 g/mol. The van der Waals surface area contributed by atoms with Gasteiger partial charge in [0, 0.05) is 43.7 Å². The van der Waals surface area contributed by atoms with E-state index < -0.39 is 0 Å². The van der Waals surface area contributed by atoms with Gasteiger partial charge in [0.15, 0.2) is 0 Å². The highest BCUT2D eigenvalue weighted by Crippen LogP contribution is 2.40. The Hall–Kier alpha value is -6.29. The number of fused-ring (bicyclic) bond motifs is 12. The molecule has 11 aromatic rings. The number of hydrogen-bond donors (Lipinski definition) is 0. The Kier molecular flexibility index (Phi) is 5.86. The summed E-state index contributed by atoms with van der Waals surface area (Å²) in [5.41, 5.74) is 8.11. The van der Waals surface area contributed by atoms with Crippen LogP contribution in [-0.2, 0) is 0 Å². The largest absolute Gasteiger partial charge is 0.309 e. The van der Waals surface area contributed by atoms with E-state index >= 15 is 0 Å². The molecule has 8 aromatic carbocycles. The topological polar surface area (TPSA) is 17.8 Å². The van der Waals surface area contributed by atoms with Crippen molar-refractivity contribution in [1.82, 2.24) is 9.55 Å². The molecule has 0 radical (unpaired) electrons.